The monoisotopic (exact) mass is 330 g/mol. The molecule has 3 aromatic rings. The number of hydrogen-bond donors (Lipinski definition) is 0. The fraction of sp³-hybridized carbons (Fsp3) is 0.217. The van der Waals surface area contributed by atoms with Crippen LogP contribution < -0.4 is 0 Å². The van der Waals surface area contributed by atoms with Crippen molar-refractivity contribution in [3.63, 3.8) is 0 Å². The van der Waals surface area contributed by atoms with E-state index in [1.807, 2.05) is 18.2 Å². The van der Waals surface area contributed by atoms with Crippen LogP contribution in [-0.2, 0) is 15.1 Å². The van der Waals surface area contributed by atoms with Gasteiger partial charge in [-0.15, -0.1) is 0 Å². The first kappa shape index (κ1) is 16.1. The van der Waals surface area contributed by atoms with E-state index in [1.165, 1.54) is 0 Å². The van der Waals surface area contributed by atoms with Crippen LogP contribution in [0.25, 0.3) is 0 Å². The highest BCUT2D eigenvalue weighted by Gasteiger charge is 2.42. The Morgan fingerprint density at radius 3 is 1.44 bits per heavy atom. The quantitative estimate of drug-likeness (QED) is 0.479. The first-order chi connectivity index (χ1) is 12.3. The molecule has 2 nitrogen and oxygen atoms in total. The molecular formula is C23H22O2. The Morgan fingerprint density at radius 2 is 1.12 bits per heavy atom. The minimum atomic E-state index is -0.658. The van der Waals surface area contributed by atoms with Crippen LogP contribution in [0, 0.1) is 0 Å². The van der Waals surface area contributed by atoms with Crippen LogP contribution in [0.15, 0.2) is 91.0 Å². The van der Waals surface area contributed by atoms with Crippen LogP contribution in [0.5, 0.6) is 0 Å². The zero-order chi connectivity index (χ0) is 17.1. The summed E-state index contributed by atoms with van der Waals surface area (Å²) in [5.74, 6) is 0. The van der Waals surface area contributed by atoms with E-state index in [-0.39, 0.29) is 12.2 Å². The van der Waals surface area contributed by atoms with Gasteiger partial charge in [0.25, 0.3) is 0 Å². The predicted molar refractivity (Wildman–Crippen MR) is 99.5 cm³/mol. The lowest BCUT2D eigenvalue weighted by Gasteiger charge is -2.38. The highest BCUT2D eigenvalue weighted by Crippen LogP contribution is 2.42. The predicted octanol–water partition coefficient (Wildman–Crippen LogP) is 4.78. The SMILES string of the molecule is CC(OC(c1ccccc1)(c1ccccc1)c1ccccc1)[C@@H]1CO1. The van der Waals surface area contributed by atoms with E-state index < -0.39 is 5.60 Å². The molecule has 1 unspecified atom stereocenters. The van der Waals surface area contributed by atoms with E-state index >= 15 is 0 Å². The zero-order valence-electron chi connectivity index (χ0n) is 14.3. The minimum Gasteiger partial charge on any atom is -0.370 e. The molecule has 1 heterocycles. The third-order valence-electron chi connectivity index (χ3n) is 4.79. The van der Waals surface area contributed by atoms with Crippen molar-refractivity contribution < 1.29 is 9.47 Å². The second-order valence-electron chi connectivity index (χ2n) is 6.47. The van der Waals surface area contributed by atoms with Gasteiger partial charge in [-0.25, -0.2) is 0 Å². The van der Waals surface area contributed by atoms with E-state index in [0.717, 1.165) is 23.3 Å². The molecule has 3 aromatic carbocycles. The van der Waals surface area contributed by atoms with Gasteiger partial charge in [0.05, 0.1) is 12.7 Å². The molecule has 4 rings (SSSR count). The maximum Gasteiger partial charge on any atom is 0.144 e. The van der Waals surface area contributed by atoms with Crippen molar-refractivity contribution in [3.05, 3.63) is 108 Å². The largest absolute Gasteiger partial charge is 0.370 e. The lowest BCUT2D eigenvalue weighted by Crippen LogP contribution is -2.37. The lowest BCUT2D eigenvalue weighted by atomic mass is 9.80. The van der Waals surface area contributed by atoms with Crippen LogP contribution in [0.4, 0.5) is 0 Å². The average Bonchev–Trinajstić information content (AvgIpc) is 3.53. The van der Waals surface area contributed by atoms with E-state index in [0.29, 0.717) is 0 Å². The zero-order valence-corrected chi connectivity index (χ0v) is 14.3. The van der Waals surface area contributed by atoms with E-state index in [9.17, 15) is 0 Å². The minimum absolute atomic E-state index is 0.000573. The van der Waals surface area contributed by atoms with Gasteiger partial charge in [-0.2, -0.15) is 0 Å². The smallest absolute Gasteiger partial charge is 0.144 e. The fourth-order valence-corrected chi connectivity index (χ4v) is 3.40. The summed E-state index contributed by atoms with van der Waals surface area (Å²) < 4.78 is 12.3. The fourth-order valence-electron chi connectivity index (χ4n) is 3.40. The molecule has 0 N–H and O–H groups in total. The van der Waals surface area contributed by atoms with Crippen LogP contribution in [0.1, 0.15) is 23.6 Å². The Balaban J connectivity index is 1.93. The van der Waals surface area contributed by atoms with Gasteiger partial charge in [-0.3, -0.25) is 0 Å². The van der Waals surface area contributed by atoms with Gasteiger partial charge >= 0.3 is 0 Å². The van der Waals surface area contributed by atoms with E-state index in [4.69, 9.17) is 9.47 Å². The summed E-state index contributed by atoms with van der Waals surface area (Å²) in [5.41, 5.74) is 2.72. The number of ether oxygens (including phenoxy) is 2. The lowest BCUT2D eigenvalue weighted by molar-refractivity contribution is -0.0495. The average molecular weight is 330 g/mol. The van der Waals surface area contributed by atoms with Gasteiger partial charge in [-0.1, -0.05) is 91.0 Å². The Hall–Kier alpha value is -2.42. The van der Waals surface area contributed by atoms with E-state index in [1.54, 1.807) is 0 Å². The van der Waals surface area contributed by atoms with Gasteiger partial charge in [-0.05, 0) is 23.6 Å². The molecule has 2 atom stereocenters. The summed E-state index contributed by atoms with van der Waals surface area (Å²) in [6.45, 7) is 2.87. The normalized spacial score (nSPS) is 17.9. The summed E-state index contributed by atoms with van der Waals surface area (Å²) in [6.07, 6.45) is 0.177. The number of epoxide rings is 1. The van der Waals surface area contributed by atoms with E-state index in [2.05, 4.69) is 79.7 Å². The molecular weight excluding hydrogens is 308 g/mol. The Labute approximate surface area is 149 Å². The molecule has 0 radical (unpaired) electrons. The maximum atomic E-state index is 6.80. The molecule has 0 saturated carbocycles. The summed E-state index contributed by atoms with van der Waals surface area (Å²) >= 11 is 0. The molecule has 1 aliphatic heterocycles. The molecule has 0 aromatic heterocycles. The molecule has 1 saturated heterocycles. The number of rotatable bonds is 6. The Morgan fingerprint density at radius 1 is 0.760 bits per heavy atom. The van der Waals surface area contributed by atoms with Crippen molar-refractivity contribution in [2.45, 2.75) is 24.7 Å². The highest BCUT2D eigenvalue weighted by atomic mass is 16.6. The van der Waals surface area contributed by atoms with Gasteiger partial charge in [0.2, 0.25) is 0 Å². The first-order valence-corrected chi connectivity index (χ1v) is 8.77. The van der Waals surface area contributed by atoms with Crippen molar-refractivity contribution >= 4 is 0 Å². The van der Waals surface area contributed by atoms with Crippen LogP contribution >= 0.6 is 0 Å². The summed E-state index contributed by atoms with van der Waals surface area (Å²) in [4.78, 5) is 0. The van der Waals surface area contributed by atoms with Gasteiger partial charge in [0, 0.05) is 0 Å². The standard InChI is InChI=1S/C23H22O2/c1-18(22-17-24-22)25-23(19-11-5-2-6-12-19,20-13-7-3-8-14-20)21-15-9-4-10-16-21/h2-16,18,22H,17H2,1H3/t18?,22-/m0/s1. The van der Waals surface area contributed by atoms with Gasteiger partial charge in [0.1, 0.15) is 11.7 Å². The van der Waals surface area contributed by atoms with Crippen molar-refractivity contribution in [1.29, 1.82) is 0 Å². The topological polar surface area (TPSA) is 21.8 Å². The number of benzene rings is 3. The summed E-state index contributed by atoms with van der Waals surface area (Å²) in [7, 11) is 0. The molecule has 0 bridgehead atoms. The van der Waals surface area contributed by atoms with Gasteiger partial charge in [0.15, 0.2) is 0 Å². The highest BCUT2D eigenvalue weighted by molar-refractivity contribution is 5.47. The molecule has 1 aliphatic rings. The maximum absolute atomic E-state index is 6.80. The molecule has 126 valence electrons. The summed E-state index contributed by atoms with van der Waals surface area (Å²) in [5, 5.41) is 0. The second-order valence-corrected chi connectivity index (χ2v) is 6.47. The van der Waals surface area contributed by atoms with Crippen LogP contribution in [0.3, 0.4) is 0 Å². The number of hydrogen-bond acceptors (Lipinski definition) is 2. The first-order valence-electron chi connectivity index (χ1n) is 8.77. The Bertz CT molecular complexity index is 699. The van der Waals surface area contributed by atoms with Crippen molar-refractivity contribution in [1.82, 2.24) is 0 Å². The van der Waals surface area contributed by atoms with Crippen molar-refractivity contribution in [3.8, 4) is 0 Å². The molecule has 1 fully saturated rings. The van der Waals surface area contributed by atoms with Crippen molar-refractivity contribution in [2.75, 3.05) is 6.61 Å². The third-order valence-corrected chi connectivity index (χ3v) is 4.79. The summed E-state index contributed by atoms with van der Waals surface area (Å²) in [6, 6.07) is 31.4. The molecule has 2 heteroatoms. The Kier molecular flexibility index (Phi) is 4.39. The molecule has 0 aliphatic carbocycles. The third kappa shape index (κ3) is 3.11. The molecule has 25 heavy (non-hydrogen) atoms. The molecule has 0 spiro atoms. The van der Waals surface area contributed by atoms with Crippen molar-refractivity contribution in [2.24, 2.45) is 0 Å². The van der Waals surface area contributed by atoms with Crippen LogP contribution in [-0.4, -0.2) is 18.8 Å². The second kappa shape index (κ2) is 6.83. The van der Waals surface area contributed by atoms with Crippen LogP contribution in [0.2, 0.25) is 0 Å². The van der Waals surface area contributed by atoms with Gasteiger partial charge < -0.3 is 9.47 Å². The molecule has 0 amide bonds.